The van der Waals surface area contributed by atoms with Crippen molar-refractivity contribution in [2.75, 3.05) is 67.0 Å². The van der Waals surface area contributed by atoms with E-state index in [1.807, 2.05) is 7.05 Å². The Hall–Kier alpha value is -3.18. The molecule has 5 atom stereocenters. The van der Waals surface area contributed by atoms with Gasteiger partial charge < -0.3 is 35.4 Å². The molecular formula is C45H73N5O5. The molecule has 0 aromatic heterocycles. The molecule has 0 spiro atoms. The summed E-state index contributed by atoms with van der Waals surface area (Å²) in [5.41, 5.74) is 5.97. The molecule has 3 fully saturated rings. The monoisotopic (exact) mass is 764 g/mol. The number of benzene rings is 2. The summed E-state index contributed by atoms with van der Waals surface area (Å²) in [5, 5.41) is 20.6. The molecule has 0 radical (unpaired) electrons. The highest BCUT2D eigenvalue weighted by Gasteiger charge is 2.48. The van der Waals surface area contributed by atoms with Gasteiger partial charge in [-0.15, -0.1) is 0 Å². The lowest BCUT2D eigenvalue weighted by Gasteiger charge is -2.33. The van der Waals surface area contributed by atoms with Crippen LogP contribution in [0.25, 0.3) is 11.1 Å². The largest absolute Gasteiger partial charge is 0.496 e. The number of aliphatic hydroxyl groups is 1. The number of methoxy groups -OCH3 is 2. The first-order valence-electron chi connectivity index (χ1n) is 20.7. The average Bonchev–Trinajstić information content (AvgIpc) is 3.84. The Kier molecular flexibility index (Phi) is 16.0. The lowest BCUT2D eigenvalue weighted by molar-refractivity contribution is -0.141. The van der Waals surface area contributed by atoms with Gasteiger partial charge in [0.2, 0.25) is 5.91 Å². The minimum absolute atomic E-state index is 0.0610. The Morgan fingerprint density at radius 1 is 1.07 bits per heavy atom. The third kappa shape index (κ3) is 11.7. The summed E-state index contributed by atoms with van der Waals surface area (Å²) in [6.45, 7) is 13.3. The van der Waals surface area contributed by atoms with Crippen molar-refractivity contribution in [3.05, 3.63) is 47.5 Å². The van der Waals surface area contributed by atoms with Gasteiger partial charge in [-0.25, -0.2) is 0 Å². The molecule has 10 nitrogen and oxygen atoms in total. The summed E-state index contributed by atoms with van der Waals surface area (Å²) in [6.07, 6.45) is 8.92. The molecule has 3 aliphatic rings. The van der Waals surface area contributed by atoms with E-state index in [-0.39, 0.29) is 41.9 Å². The molecular weight excluding hydrogens is 691 g/mol. The van der Waals surface area contributed by atoms with Crippen molar-refractivity contribution < 1.29 is 24.2 Å². The molecule has 4 N–H and O–H groups in total. The van der Waals surface area contributed by atoms with Crippen molar-refractivity contribution in [3.8, 4) is 16.9 Å². The maximum atomic E-state index is 13.3. The van der Waals surface area contributed by atoms with Crippen molar-refractivity contribution in [1.82, 2.24) is 20.9 Å². The number of amides is 1. The molecule has 5 unspecified atom stereocenters. The van der Waals surface area contributed by atoms with E-state index in [9.17, 15) is 14.7 Å². The maximum Gasteiger partial charge on any atom is 0.305 e. The van der Waals surface area contributed by atoms with E-state index in [1.54, 1.807) is 14.2 Å². The second-order valence-corrected chi connectivity index (χ2v) is 17.9. The number of nitrogens with one attached hydrogen (secondary N) is 3. The SMILES string of the molecule is CC1CCCC(C)(C)C1.CNC(=O)C1C(CO)C(CNC2(CCC(=O)OC)CC2)CN1Cc1cccc(-c2cc(C(NC)C(C)C)cc(N(C)C)c2)c1OC. The Bertz CT molecular complexity index is 1560. The standard InChI is InChI=1S/C36H55N5O5.C9H18/c1-23(2)32(37-3)26-16-25(17-28(18-26)40(5)6)29-11-9-10-24(34(29)46-8)20-41-21-27(30(22-42)33(41)35(44)38-4)19-39-36(14-15-36)13-12-31(43)45-7;1-8-5-4-6-9(2,3)7-8/h9-11,16-18,23,27,30,32-33,37,39,42H,12-15,19-22H2,1-8H3,(H,38,44);8H,4-7H2,1-3H3. The van der Waals surface area contributed by atoms with Crippen LogP contribution in [0.5, 0.6) is 5.75 Å². The zero-order valence-electron chi connectivity index (χ0n) is 35.9. The predicted octanol–water partition coefficient (Wildman–Crippen LogP) is 6.80. The summed E-state index contributed by atoms with van der Waals surface area (Å²) in [7, 11) is 10.9. The normalized spacial score (nSPS) is 23.4. The summed E-state index contributed by atoms with van der Waals surface area (Å²) in [5.74, 6) is 1.71. The van der Waals surface area contributed by atoms with Crippen molar-refractivity contribution in [1.29, 1.82) is 0 Å². The van der Waals surface area contributed by atoms with Gasteiger partial charge in [-0.2, -0.15) is 0 Å². The van der Waals surface area contributed by atoms with Crippen LogP contribution in [0.2, 0.25) is 0 Å². The first kappa shape index (κ1) is 44.5. The zero-order chi connectivity index (χ0) is 40.5. The van der Waals surface area contributed by atoms with Gasteiger partial charge in [0.05, 0.1) is 20.3 Å². The van der Waals surface area contributed by atoms with Crippen LogP contribution in [0.4, 0.5) is 5.69 Å². The molecule has 2 aromatic rings. The lowest BCUT2D eigenvalue weighted by atomic mass is 9.73. The quantitative estimate of drug-likeness (QED) is 0.137. The summed E-state index contributed by atoms with van der Waals surface area (Å²) in [4.78, 5) is 29.4. The minimum atomic E-state index is -0.480. The number of ether oxygens (including phenoxy) is 2. The van der Waals surface area contributed by atoms with E-state index in [1.165, 1.54) is 38.4 Å². The first-order valence-corrected chi connectivity index (χ1v) is 20.7. The van der Waals surface area contributed by atoms with Gasteiger partial charge >= 0.3 is 5.97 Å². The summed E-state index contributed by atoms with van der Waals surface area (Å²) in [6, 6.07) is 12.6. The Labute approximate surface area is 332 Å². The number of rotatable bonds is 16. The van der Waals surface area contributed by atoms with Crippen molar-refractivity contribution in [2.45, 2.75) is 110 Å². The Morgan fingerprint density at radius 2 is 1.80 bits per heavy atom. The maximum absolute atomic E-state index is 13.3. The second kappa shape index (κ2) is 19.8. The molecule has 55 heavy (non-hydrogen) atoms. The van der Waals surface area contributed by atoms with Gasteiger partial charge in [0.15, 0.2) is 0 Å². The van der Waals surface area contributed by atoms with Crippen molar-refractivity contribution in [2.24, 2.45) is 29.1 Å². The van der Waals surface area contributed by atoms with Crippen LogP contribution in [-0.4, -0.2) is 95.6 Å². The van der Waals surface area contributed by atoms with Crippen LogP contribution in [0.3, 0.4) is 0 Å². The van der Waals surface area contributed by atoms with E-state index in [0.717, 1.165) is 53.3 Å². The number of anilines is 1. The number of likely N-dealkylation sites (N-methyl/N-ethyl adjacent to an activating group) is 1. The highest BCUT2D eigenvalue weighted by Crippen LogP contribution is 2.43. The van der Waals surface area contributed by atoms with Gasteiger partial charge in [-0.3, -0.25) is 14.5 Å². The van der Waals surface area contributed by atoms with Crippen LogP contribution >= 0.6 is 0 Å². The van der Waals surface area contributed by atoms with E-state index < -0.39 is 6.04 Å². The number of esters is 1. The van der Waals surface area contributed by atoms with Gasteiger partial charge in [0.25, 0.3) is 0 Å². The molecule has 308 valence electrons. The van der Waals surface area contributed by atoms with Gasteiger partial charge in [0.1, 0.15) is 5.75 Å². The van der Waals surface area contributed by atoms with Gasteiger partial charge in [-0.1, -0.05) is 65.7 Å². The second-order valence-electron chi connectivity index (χ2n) is 17.9. The highest BCUT2D eigenvalue weighted by molar-refractivity contribution is 5.82. The van der Waals surface area contributed by atoms with E-state index in [0.29, 0.717) is 37.4 Å². The van der Waals surface area contributed by atoms with Crippen LogP contribution in [0, 0.1) is 29.1 Å². The van der Waals surface area contributed by atoms with Crippen molar-refractivity contribution >= 4 is 17.6 Å². The number of hydrogen-bond donors (Lipinski definition) is 4. The topological polar surface area (TPSA) is 115 Å². The third-order valence-corrected chi connectivity index (χ3v) is 12.5. The lowest BCUT2D eigenvalue weighted by Crippen LogP contribution is -2.46. The smallest absolute Gasteiger partial charge is 0.305 e. The molecule has 0 bridgehead atoms. The minimum Gasteiger partial charge on any atom is -0.496 e. The number of aliphatic hydroxyl groups excluding tert-OH is 1. The molecule has 1 aliphatic heterocycles. The highest BCUT2D eigenvalue weighted by atomic mass is 16.5. The number of carbonyl (C=O) groups is 2. The summed E-state index contributed by atoms with van der Waals surface area (Å²) < 4.78 is 11.0. The van der Waals surface area contributed by atoms with Crippen LogP contribution in [0.1, 0.15) is 103 Å². The fraction of sp³-hybridized carbons (Fsp3) is 0.689. The number of likely N-dealkylation sites (tertiary alicyclic amines) is 1. The van der Waals surface area contributed by atoms with Gasteiger partial charge in [-0.05, 0) is 91.6 Å². The predicted molar refractivity (Wildman–Crippen MR) is 224 cm³/mol. The fourth-order valence-corrected chi connectivity index (χ4v) is 9.26. The average molecular weight is 764 g/mol. The number of para-hydroxylation sites is 1. The van der Waals surface area contributed by atoms with Crippen LogP contribution in [-0.2, 0) is 20.9 Å². The molecule has 2 aliphatic carbocycles. The molecule has 10 heteroatoms. The number of carbonyl (C=O) groups excluding carboxylic acids is 2. The molecule has 1 amide bonds. The molecule has 2 saturated carbocycles. The molecule has 1 heterocycles. The van der Waals surface area contributed by atoms with Crippen molar-refractivity contribution in [3.63, 3.8) is 0 Å². The molecule has 5 rings (SSSR count). The Balaban J connectivity index is 0.000000654. The third-order valence-electron chi connectivity index (χ3n) is 12.5. The van der Waals surface area contributed by atoms with Gasteiger partial charge in [0, 0.05) is 88.1 Å². The van der Waals surface area contributed by atoms with Crippen LogP contribution in [0.15, 0.2) is 36.4 Å². The first-order chi connectivity index (χ1) is 26.1. The zero-order valence-corrected chi connectivity index (χ0v) is 35.9. The fourth-order valence-electron chi connectivity index (χ4n) is 9.26. The summed E-state index contributed by atoms with van der Waals surface area (Å²) >= 11 is 0. The number of hydrogen-bond acceptors (Lipinski definition) is 9. The van der Waals surface area contributed by atoms with E-state index >= 15 is 0 Å². The number of nitrogens with zero attached hydrogens (tertiary/aromatic N) is 2. The molecule has 2 aromatic carbocycles. The van der Waals surface area contributed by atoms with Crippen LogP contribution < -0.4 is 25.6 Å². The van der Waals surface area contributed by atoms with E-state index in [2.05, 4.69) is 111 Å². The Morgan fingerprint density at radius 3 is 2.33 bits per heavy atom. The van der Waals surface area contributed by atoms with E-state index in [4.69, 9.17) is 9.47 Å². The molecule has 1 saturated heterocycles.